The summed E-state index contributed by atoms with van der Waals surface area (Å²) in [6.07, 6.45) is 4.87. The maximum absolute atomic E-state index is 15.2. The van der Waals surface area contributed by atoms with Crippen LogP contribution in [-0.2, 0) is 10.0 Å². The van der Waals surface area contributed by atoms with E-state index in [-0.39, 0.29) is 34.7 Å². The molecule has 0 spiro atoms. The molecule has 36 heavy (non-hydrogen) atoms. The first kappa shape index (κ1) is 26.1. The van der Waals surface area contributed by atoms with Gasteiger partial charge in [-0.15, -0.1) is 0 Å². The van der Waals surface area contributed by atoms with Gasteiger partial charge in [0.05, 0.1) is 5.56 Å². The van der Waals surface area contributed by atoms with Crippen LogP contribution >= 0.6 is 0 Å². The van der Waals surface area contributed by atoms with Crippen molar-refractivity contribution in [1.29, 1.82) is 0 Å². The molecule has 1 amide bonds. The molecule has 0 radical (unpaired) electrons. The fourth-order valence-corrected chi connectivity index (χ4v) is 6.33. The molecule has 9 nitrogen and oxygen atoms in total. The monoisotopic (exact) mass is 519 g/mol. The summed E-state index contributed by atoms with van der Waals surface area (Å²) >= 11 is 0. The molecular formula is C25H34FN5O4S. The van der Waals surface area contributed by atoms with Gasteiger partial charge in [-0.1, -0.05) is 25.8 Å². The topological polar surface area (TPSA) is 128 Å². The van der Waals surface area contributed by atoms with Gasteiger partial charge in [-0.2, -0.15) is 13.4 Å². The second kappa shape index (κ2) is 9.84. The van der Waals surface area contributed by atoms with E-state index < -0.39 is 26.8 Å². The van der Waals surface area contributed by atoms with Gasteiger partial charge >= 0.3 is 0 Å². The van der Waals surface area contributed by atoms with E-state index in [0.29, 0.717) is 18.4 Å². The number of sulfonamides is 1. The van der Waals surface area contributed by atoms with Crippen LogP contribution in [0.2, 0.25) is 0 Å². The third kappa shape index (κ3) is 5.40. The van der Waals surface area contributed by atoms with Gasteiger partial charge in [-0.3, -0.25) is 4.79 Å². The molecule has 1 aliphatic carbocycles. The van der Waals surface area contributed by atoms with Crippen LogP contribution < -0.4 is 20.1 Å². The zero-order chi connectivity index (χ0) is 26.3. The lowest BCUT2D eigenvalue weighted by Crippen LogP contribution is -2.41. The van der Waals surface area contributed by atoms with E-state index >= 15 is 4.39 Å². The van der Waals surface area contributed by atoms with Crippen LogP contribution in [0.15, 0.2) is 29.3 Å². The Hall–Kier alpha value is -2.95. The first-order valence-corrected chi connectivity index (χ1v) is 13.8. The predicted molar refractivity (Wildman–Crippen MR) is 135 cm³/mol. The average molecular weight is 520 g/mol. The molecule has 3 heterocycles. The lowest BCUT2D eigenvalue weighted by molar-refractivity contribution is 0.0980. The number of halogens is 1. The standard InChI is InChI=1S/C25H34FN5O4S/c1-15-13-25(3,4)31(14-15)22-18(23(32)30-36(33,34)21-11-7-10-20(27)28-21)12-19(26)24(29-22)35-16(2)17-8-5-6-9-17/h7,10-12,15-17H,5-6,8-9,13-14H2,1-4H3,(H2,27,28)(H,30,32)/t15-,16?/m0/s1. The summed E-state index contributed by atoms with van der Waals surface area (Å²) in [5.74, 6) is -1.22. The van der Waals surface area contributed by atoms with Gasteiger partial charge in [0.2, 0.25) is 0 Å². The minimum atomic E-state index is -4.35. The summed E-state index contributed by atoms with van der Waals surface area (Å²) in [5.41, 5.74) is 5.02. The Balaban J connectivity index is 1.71. The number of hydrogen-bond acceptors (Lipinski definition) is 8. The Kier molecular flexibility index (Phi) is 7.14. The molecule has 1 aliphatic heterocycles. The van der Waals surface area contributed by atoms with Crippen molar-refractivity contribution >= 4 is 27.6 Å². The fraction of sp³-hybridized carbons (Fsp3) is 0.560. The van der Waals surface area contributed by atoms with Gasteiger partial charge in [-0.05, 0) is 70.1 Å². The van der Waals surface area contributed by atoms with Crippen molar-refractivity contribution in [1.82, 2.24) is 14.7 Å². The van der Waals surface area contributed by atoms with Crippen LogP contribution in [0, 0.1) is 17.7 Å². The highest BCUT2D eigenvalue weighted by Crippen LogP contribution is 2.39. The van der Waals surface area contributed by atoms with Crippen LogP contribution in [0.25, 0.3) is 0 Å². The number of rotatable bonds is 7. The van der Waals surface area contributed by atoms with E-state index in [1.807, 2.05) is 30.4 Å². The molecule has 0 bridgehead atoms. The molecular weight excluding hydrogens is 485 g/mol. The first-order valence-electron chi connectivity index (χ1n) is 12.3. The summed E-state index contributed by atoms with van der Waals surface area (Å²) in [4.78, 5) is 23.4. The number of nitrogens with one attached hydrogen (secondary N) is 1. The molecule has 2 aliphatic rings. The Bertz CT molecular complexity index is 1250. The maximum Gasteiger partial charge on any atom is 0.281 e. The van der Waals surface area contributed by atoms with Gasteiger partial charge in [0.1, 0.15) is 17.7 Å². The van der Waals surface area contributed by atoms with Crippen LogP contribution in [0.4, 0.5) is 16.0 Å². The summed E-state index contributed by atoms with van der Waals surface area (Å²) in [5, 5.41) is -0.411. The van der Waals surface area contributed by atoms with Crippen LogP contribution in [-0.4, -0.2) is 42.5 Å². The lowest BCUT2D eigenvalue weighted by atomic mass is 9.97. The maximum atomic E-state index is 15.2. The lowest BCUT2D eigenvalue weighted by Gasteiger charge is -2.34. The molecule has 3 N–H and O–H groups in total. The number of hydrogen-bond donors (Lipinski definition) is 2. The molecule has 2 atom stereocenters. The molecule has 1 unspecified atom stereocenters. The SMILES string of the molecule is CC(Oc1nc(N2C[C@@H](C)CC2(C)C)c(C(=O)NS(=O)(=O)c2cccc(N)n2)cc1F)C1CCCC1. The van der Waals surface area contributed by atoms with E-state index in [9.17, 15) is 13.2 Å². The van der Waals surface area contributed by atoms with Crippen molar-refractivity contribution in [3.63, 3.8) is 0 Å². The van der Waals surface area contributed by atoms with E-state index in [4.69, 9.17) is 10.5 Å². The normalized spacial score (nSPS) is 20.9. The number of nitrogens with zero attached hydrogens (tertiary/aromatic N) is 3. The Morgan fingerprint density at radius 1 is 1.28 bits per heavy atom. The Morgan fingerprint density at radius 3 is 2.58 bits per heavy atom. The number of anilines is 2. The number of carbonyl (C=O) groups is 1. The molecule has 2 aromatic rings. The van der Waals surface area contributed by atoms with Crippen molar-refractivity contribution in [3.05, 3.63) is 35.6 Å². The number of ether oxygens (including phenoxy) is 1. The molecule has 11 heteroatoms. The van der Waals surface area contributed by atoms with Crippen molar-refractivity contribution < 1.29 is 22.3 Å². The number of nitrogens with two attached hydrogens (primary N) is 1. The summed E-state index contributed by atoms with van der Waals surface area (Å²) < 4.78 is 48.8. The Morgan fingerprint density at radius 2 is 1.97 bits per heavy atom. The van der Waals surface area contributed by atoms with Gasteiger partial charge in [0.15, 0.2) is 10.8 Å². The third-order valence-corrected chi connectivity index (χ3v) is 8.34. The number of pyridine rings is 2. The molecule has 1 saturated carbocycles. The second-order valence-corrected chi connectivity index (χ2v) is 12.2. The van der Waals surface area contributed by atoms with Crippen molar-refractivity contribution in [2.24, 2.45) is 11.8 Å². The second-order valence-electron chi connectivity index (χ2n) is 10.6. The highest BCUT2D eigenvalue weighted by molar-refractivity contribution is 7.90. The summed E-state index contributed by atoms with van der Waals surface area (Å²) in [6.45, 7) is 8.59. The number of nitrogen functional groups attached to an aromatic ring is 1. The van der Waals surface area contributed by atoms with E-state index in [2.05, 4.69) is 16.9 Å². The molecule has 4 rings (SSSR count). The van der Waals surface area contributed by atoms with Crippen LogP contribution in [0.3, 0.4) is 0 Å². The minimum Gasteiger partial charge on any atom is -0.472 e. The Labute approximate surface area is 211 Å². The molecule has 2 aromatic heterocycles. The van der Waals surface area contributed by atoms with E-state index in [1.54, 1.807) is 0 Å². The van der Waals surface area contributed by atoms with Crippen molar-refractivity contribution in [3.8, 4) is 5.88 Å². The average Bonchev–Trinajstić information content (AvgIpc) is 3.42. The number of aromatic nitrogens is 2. The van der Waals surface area contributed by atoms with Gasteiger partial charge in [0.25, 0.3) is 21.8 Å². The van der Waals surface area contributed by atoms with E-state index in [1.165, 1.54) is 18.2 Å². The summed E-state index contributed by atoms with van der Waals surface area (Å²) in [6, 6.07) is 5.08. The largest absolute Gasteiger partial charge is 0.472 e. The van der Waals surface area contributed by atoms with Crippen molar-refractivity contribution in [2.45, 2.75) is 76.5 Å². The number of carbonyl (C=O) groups excluding carboxylic acids is 1. The van der Waals surface area contributed by atoms with Gasteiger partial charge in [-0.25, -0.2) is 14.1 Å². The van der Waals surface area contributed by atoms with Crippen molar-refractivity contribution in [2.75, 3.05) is 17.2 Å². The third-order valence-electron chi connectivity index (χ3n) is 7.11. The smallest absolute Gasteiger partial charge is 0.281 e. The van der Waals surface area contributed by atoms with E-state index in [0.717, 1.165) is 38.2 Å². The zero-order valence-electron chi connectivity index (χ0n) is 21.1. The quantitative estimate of drug-likeness (QED) is 0.564. The van der Waals surface area contributed by atoms with Crippen LogP contribution in [0.1, 0.15) is 70.2 Å². The highest BCUT2D eigenvalue weighted by atomic mass is 32.2. The number of amides is 1. The highest BCUT2D eigenvalue weighted by Gasteiger charge is 2.40. The molecule has 1 saturated heterocycles. The predicted octanol–water partition coefficient (Wildman–Crippen LogP) is 3.90. The zero-order valence-corrected chi connectivity index (χ0v) is 21.9. The van der Waals surface area contributed by atoms with Crippen LogP contribution in [0.5, 0.6) is 5.88 Å². The van der Waals surface area contributed by atoms with Gasteiger partial charge in [0, 0.05) is 12.1 Å². The first-order chi connectivity index (χ1) is 16.9. The minimum absolute atomic E-state index is 0.00980. The molecule has 0 aromatic carbocycles. The summed E-state index contributed by atoms with van der Waals surface area (Å²) in [7, 11) is -4.35. The molecule has 2 fully saturated rings. The molecule has 196 valence electrons. The fourth-order valence-electron chi connectivity index (χ4n) is 5.39. The van der Waals surface area contributed by atoms with Gasteiger partial charge < -0.3 is 15.4 Å².